The number of carbonyl (C=O) groups is 2. The van der Waals surface area contributed by atoms with Crippen LogP contribution < -0.4 is 5.32 Å². The summed E-state index contributed by atoms with van der Waals surface area (Å²) in [6.07, 6.45) is 4.19. The second-order valence-electron chi connectivity index (χ2n) is 4.60. The maximum Gasteiger partial charge on any atom is 0.328 e. The van der Waals surface area contributed by atoms with Crippen LogP contribution >= 0.6 is 0 Å². The summed E-state index contributed by atoms with van der Waals surface area (Å²) in [7, 11) is 0. The third kappa shape index (κ3) is 3.56. The van der Waals surface area contributed by atoms with Crippen molar-refractivity contribution in [3.63, 3.8) is 0 Å². The van der Waals surface area contributed by atoms with Crippen molar-refractivity contribution in [2.24, 2.45) is 5.41 Å². The summed E-state index contributed by atoms with van der Waals surface area (Å²) in [5.74, 6) is -1.27. The Hall–Kier alpha value is -1.36. The summed E-state index contributed by atoms with van der Waals surface area (Å²) in [5, 5.41) is 11.5. The molecule has 1 atom stereocenters. The molecule has 0 heterocycles. The van der Waals surface area contributed by atoms with Crippen LogP contribution in [0.4, 0.5) is 0 Å². The van der Waals surface area contributed by atoms with Crippen LogP contribution in [0.15, 0.2) is 12.7 Å². The van der Waals surface area contributed by atoms with Crippen LogP contribution in [0.1, 0.15) is 26.2 Å². The number of carboxylic acid groups (broad SMARTS) is 1. The molecule has 0 spiro atoms. The molecule has 0 bridgehead atoms. The summed E-state index contributed by atoms with van der Waals surface area (Å²) in [4.78, 5) is 22.8. The molecule has 17 heavy (non-hydrogen) atoms. The van der Waals surface area contributed by atoms with Crippen LogP contribution in [-0.2, 0) is 14.3 Å². The molecule has 0 aromatic heterocycles. The zero-order valence-corrected chi connectivity index (χ0v) is 10.1. The minimum Gasteiger partial charge on any atom is -0.480 e. The Kier molecular flexibility index (Phi) is 4.69. The van der Waals surface area contributed by atoms with Crippen molar-refractivity contribution < 1.29 is 19.4 Å². The lowest BCUT2D eigenvalue weighted by atomic mass is 9.70. The Labute approximate surface area is 101 Å². The predicted octanol–water partition coefficient (Wildman–Crippen LogP) is 0.949. The SMILES string of the molecule is C=CCOCC(NC(=O)C1(C)CCC1)C(=O)O. The molecule has 0 radical (unpaired) electrons. The van der Waals surface area contributed by atoms with Crippen LogP contribution in [0.25, 0.3) is 0 Å². The van der Waals surface area contributed by atoms with Gasteiger partial charge in [0.2, 0.25) is 5.91 Å². The van der Waals surface area contributed by atoms with E-state index in [1.165, 1.54) is 6.08 Å². The van der Waals surface area contributed by atoms with E-state index >= 15 is 0 Å². The average molecular weight is 241 g/mol. The van der Waals surface area contributed by atoms with Crippen LogP contribution in [0.5, 0.6) is 0 Å². The molecular formula is C12H19NO4. The average Bonchev–Trinajstić information content (AvgIpc) is 2.24. The van der Waals surface area contributed by atoms with Gasteiger partial charge in [0.15, 0.2) is 6.04 Å². The molecule has 0 saturated heterocycles. The standard InChI is InChI=1S/C12H19NO4/c1-3-7-17-8-9(10(14)15)13-11(16)12(2)5-4-6-12/h3,9H,1,4-8H2,2H3,(H,13,16)(H,14,15). The van der Waals surface area contributed by atoms with Crippen LogP contribution in [-0.4, -0.2) is 36.2 Å². The molecular weight excluding hydrogens is 222 g/mol. The van der Waals surface area contributed by atoms with Gasteiger partial charge in [-0.15, -0.1) is 6.58 Å². The Morgan fingerprint density at radius 3 is 2.65 bits per heavy atom. The minimum absolute atomic E-state index is 0.0385. The molecule has 0 aliphatic heterocycles. The van der Waals surface area contributed by atoms with E-state index in [-0.39, 0.29) is 19.1 Å². The highest BCUT2D eigenvalue weighted by Gasteiger charge is 2.40. The number of nitrogens with one attached hydrogen (secondary N) is 1. The van der Waals surface area contributed by atoms with Crippen LogP contribution in [0.2, 0.25) is 0 Å². The first kappa shape index (κ1) is 13.7. The van der Waals surface area contributed by atoms with E-state index in [4.69, 9.17) is 9.84 Å². The van der Waals surface area contributed by atoms with Gasteiger partial charge in [-0.3, -0.25) is 4.79 Å². The topological polar surface area (TPSA) is 75.6 Å². The number of hydrogen-bond donors (Lipinski definition) is 2. The van der Waals surface area contributed by atoms with Gasteiger partial charge < -0.3 is 15.2 Å². The summed E-state index contributed by atoms with van der Waals surface area (Å²) >= 11 is 0. The van der Waals surface area contributed by atoms with Gasteiger partial charge in [0.05, 0.1) is 13.2 Å². The van der Waals surface area contributed by atoms with Crippen LogP contribution in [0, 0.1) is 5.41 Å². The molecule has 0 aromatic carbocycles. The third-order valence-corrected chi connectivity index (χ3v) is 3.13. The number of ether oxygens (including phenoxy) is 1. The lowest BCUT2D eigenvalue weighted by Gasteiger charge is -2.37. The molecule has 96 valence electrons. The summed E-state index contributed by atoms with van der Waals surface area (Å²) < 4.78 is 5.06. The Morgan fingerprint density at radius 2 is 2.24 bits per heavy atom. The Bertz CT molecular complexity index is 310. The molecule has 5 heteroatoms. The van der Waals surface area contributed by atoms with Crippen molar-refractivity contribution in [3.05, 3.63) is 12.7 Å². The summed E-state index contributed by atoms with van der Waals surface area (Å²) in [5.41, 5.74) is -0.397. The van der Waals surface area contributed by atoms with Crippen molar-refractivity contribution in [2.75, 3.05) is 13.2 Å². The normalized spacial score (nSPS) is 18.9. The molecule has 1 unspecified atom stereocenters. The van der Waals surface area contributed by atoms with Gasteiger partial charge in [-0.2, -0.15) is 0 Å². The lowest BCUT2D eigenvalue weighted by molar-refractivity contribution is -0.146. The smallest absolute Gasteiger partial charge is 0.328 e. The highest BCUT2D eigenvalue weighted by atomic mass is 16.5. The predicted molar refractivity (Wildman–Crippen MR) is 62.5 cm³/mol. The second-order valence-corrected chi connectivity index (χ2v) is 4.60. The molecule has 1 fully saturated rings. The maximum absolute atomic E-state index is 11.8. The molecule has 1 amide bonds. The number of rotatable bonds is 7. The lowest BCUT2D eigenvalue weighted by Crippen LogP contribution is -2.51. The van der Waals surface area contributed by atoms with Crippen LogP contribution in [0.3, 0.4) is 0 Å². The zero-order chi connectivity index (χ0) is 12.9. The van der Waals surface area contributed by atoms with Crippen molar-refractivity contribution in [3.8, 4) is 0 Å². The van der Waals surface area contributed by atoms with Gasteiger partial charge >= 0.3 is 5.97 Å². The summed E-state index contributed by atoms with van der Waals surface area (Å²) in [6.45, 7) is 5.56. The molecule has 2 N–H and O–H groups in total. The minimum atomic E-state index is -1.08. The largest absolute Gasteiger partial charge is 0.480 e. The monoisotopic (exact) mass is 241 g/mol. The molecule has 0 aromatic rings. The fourth-order valence-electron chi connectivity index (χ4n) is 1.71. The van der Waals surface area contributed by atoms with Crippen molar-refractivity contribution >= 4 is 11.9 Å². The highest BCUT2D eigenvalue weighted by Crippen LogP contribution is 2.40. The summed E-state index contributed by atoms with van der Waals surface area (Å²) in [6, 6.07) is -0.986. The van der Waals surface area contributed by atoms with E-state index in [1.807, 2.05) is 6.92 Å². The number of carboxylic acids is 1. The first-order valence-corrected chi connectivity index (χ1v) is 5.72. The van der Waals surface area contributed by atoms with E-state index in [2.05, 4.69) is 11.9 Å². The van der Waals surface area contributed by atoms with Gasteiger partial charge in [0.25, 0.3) is 0 Å². The van der Waals surface area contributed by atoms with Gasteiger partial charge in [0, 0.05) is 5.41 Å². The van der Waals surface area contributed by atoms with Gasteiger partial charge in [0.1, 0.15) is 0 Å². The van der Waals surface area contributed by atoms with Gasteiger partial charge in [-0.25, -0.2) is 4.79 Å². The molecule has 1 aliphatic rings. The van der Waals surface area contributed by atoms with E-state index in [0.717, 1.165) is 19.3 Å². The van der Waals surface area contributed by atoms with E-state index in [9.17, 15) is 9.59 Å². The quantitative estimate of drug-likeness (QED) is 0.514. The van der Waals surface area contributed by atoms with Crippen molar-refractivity contribution in [1.29, 1.82) is 0 Å². The fourth-order valence-corrected chi connectivity index (χ4v) is 1.71. The van der Waals surface area contributed by atoms with E-state index < -0.39 is 17.4 Å². The number of amides is 1. The van der Waals surface area contributed by atoms with E-state index in [0.29, 0.717) is 0 Å². The Morgan fingerprint density at radius 1 is 1.59 bits per heavy atom. The van der Waals surface area contributed by atoms with Gasteiger partial charge in [-0.1, -0.05) is 19.4 Å². The first-order chi connectivity index (χ1) is 7.99. The van der Waals surface area contributed by atoms with E-state index in [1.54, 1.807) is 0 Å². The van der Waals surface area contributed by atoms with Crippen molar-refractivity contribution in [2.45, 2.75) is 32.2 Å². The number of aliphatic carboxylic acids is 1. The molecule has 1 rings (SSSR count). The first-order valence-electron chi connectivity index (χ1n) is 5.72. The molecule has 1 aliphatic carbocycles. The van der Waals surface area contributed by atoms with Crippen molar-refractivity contribution in [1.82, 2.24) is 5.32 Å². The van der Waals surface area contributed by atoms with Gasteiger partial charge in [-0.05, 0) is 12.8 Å². The number of hydrogen-bond acceptors (Lipinski definition) is 3. The fraction of sp³-hybridized carbons (Fsp3) is 0.667. The third-order valence-electron chi connectivity index (χ3n) is 3.13. The maximum atomic E-state index is 11.8. The second kappa shape index (κ2) is 5.82. The zero-order valence-electron chi connectivity index (χ0n) is 10.1. The number of carbonyl (C=O) groups excluding carboxylic acids is 1. The molecule has 5 nitrogen and oxygen atoms in total. The molecule has 1 saturated carbocycles. The highest BCUT2D eigenvalue weighted by molar-refractivity contribution is 5.87. The Balaban J connectivity index is 2.45.